The van der Waals surface area contributed by atoms with Gasteiger partial charge in [0.2, 0.25) is 0 Å². The van der Waals surface area contributed by atoms with E-state index in [2.05, 4.69) is 30.6 Å². The van der Waals surface area contributed by atoms with Crippen LogP contribution in [0.1, 0.15) is 30.0 Å². The minimum Gasteiger partial charge on any atom is -0.496 e. The van der Waals surface area contributed by atoms with Crippen molar-refractivity contribution in [2.75, 3.05) is 25.5 Å². The van der Waals surface area contributed by atoms with Gasteiger partial charge < -0.3 is 20.4 Å². The highest BCUT2D eigenvalue weighted by Gasteiger charge is 2.29. The average Bonchev–Trinajstić information content (AvgIpc) is 3.07. The predicted octanol–water partition coefficient (Wildman–Crippen LogP) is 3.53. The van der Waals surface area contributed by atoms with Gasteiger partial charge in [0.25, 0.3) is 0 Å². The van der Waals surface area contributed by atoms with Crippen LogP contribution in [0.4, 0.5) is 5.82 Å². The van der Waals surface area contributed by atoms with E-state index in [-0.39, 0.29) is 6.04 Å². The van der Waals surface area contributed by atoms with Crippen molar-refractivity contribution in [2.45, 2.75) is 18.9 Å². The molecule has 2 aromatic heterocycles. The minimum absolute atomic E-state index is 0.118. The Balaban J connectivity index is 1.74. The molecule has 7 nitrogen and oxygen atoms in total. The van der Waals surface area contributed by atoms with Crippen LogP contribution in [-0.2, 0) is 0 Å². The molecule has 26 heavy (non-hydrogen) atoms. The number of benzene rings is 1. The number of methoxy groups -OCH3 is 1. The Bertz CT molecular complexity index is 956. The maximum Gasteiger partial charge on any atom is 0.182 e. The molecule has 3 heterocycles. The summed E-state index contributed by atoms with van der Waals surface area (Å²) in [4.78, 5) is 15.7. The summed E-state index contributed by atoms with van der Waals surface area (Å²) in [6, 6.07) is 1.73. The van der Waals surface area contributed by atoms with Crippen LogP contribution in [0.15, 0.2) is 18.7 Å². The fraction of sp³-hybridized carbons (Fsp3) is 0.353. The Labute approximate surface area is 160 Å². The van der Waals surface area contributed by atoms with Crippen LogP contribution in [0, 0.1) is 0 Å². The number of nitrogens with zero attached hydrogens (tertiary/aromatic N) is 3. The van der Waals surface area contributed by atoms with Crippen molar-refractivity contribution in [3.8, 4) is 5.75 Å². The molecule has 1 unspecified atom stereocenters. The van der Waals surface area contributed by atoms with Gasteiger partial charge >= 0.3 is 0 Å². The van der Waals surface area contributed by atoms with Gasteiger partial charge in [-0.2, -0.15) is 0 Å². The largest absolute Gasteiger partial charge is 0.496 e. The second-order valence-electron chi connectivity index (χ2n) is 6.25. The lowest BCUT2D eigenvalue weighted by Gasteiger charge is -2.31. The molecule has 136 valence electrons. The van der Waals surface area contributed by atoms with Crippen molar-refractivity contribution in [1.29, 1.82) is 0 Å². The SMILES string of the molecule is COc1c(C(C)Nc2ncnc3nc[nH]c23)cc(Cl)c(Cl)c1C1CNC1. The smallest absolute Gasteiger partial charge is 0.182 e. The third-order valence-corrected chi connectivity index (χ3v) is 5.47. The molecule has 3 N–H and O–H groups in total. The van der Waals surface area contributed by atoms with Gasteiger partial charge in [0.15, 0.2) is 11.5 Å². The molecular formula is C17H18Cl2N6O. The van der Waals surface area contributed by atoms with Gasteiger partial charge in [-0.25, -0.2) is 15.0 Å². The maximum atomic E-state index is 6.49. The molecule has 0 spiro atoms. The van der Waals surface area contributed by atoms with Gasteiger partial charge in [-0.1, -0.05) is 23.2 Å². The Kier molecular flexibility index (Phi) is 4.60. The third-order valence-electron chi connectivity index (χ3n) is 4.67. The molecule has 0 aliphatic carbocycles. The van der Waals surface area contributed by atoms with Crippen molar-refractivity contribution < 1.29 is 4.74 Å². The fourth-order valence-electron chi connectivity index (χ4n) is 3.21. The monoisotopic (exact) mass is 392 g/mol. The number of aromatic nitrogens is 4. The number of anilines is 1. The molecular weight excluding hydrogens is 375 g/mol. The van der Waals surface area contributed by atoms with Gasteiger partial charge in [-0.05, 0) is 13.0 Å². The lowest BCUT2D eigenvalue weighted by Crippen LogP contribution is -2.40. The molecule has 0 bridgehead atoms. The fourth-order valence-corrected chi connectivity index (χ4v) is 3.73. The van der Waals surface area contributed by atoms with Gasteiger partial charge in [0.1, 0.15) is 17.6 Å². The predicted molar refractivity (Wildman–Crippen MR) is 102 cm³/mol. The Morgan fingerprint density at radius 3 is 2.77 bits per heavy atom. The quantitative estimate of drug-likeness (QED) is 0.615. The molecule has 9 heteroatoms. The number of hydrogen-bond donors (Lipinski definition) is 3. The molecule has 4 rings (SSSR count). The van der Waals surface area contributed by atoms with Crippen molar-refractivity contribution in [3.63, 3.8) is 0 Å². The number of fused-ring (bicyclic) bond motifs is 1. The molecule has 1 atom stereocenters. The van der Waals surface area contributed by atoms with Crippen LogP contribution in [0.25, 0.3) is 11.2 Å². The number of nitrogens with one attached hydrogen (secondary N) is 3. The third kappa shape index (κ3) is 2.86. The van der Waals surface area contributed by atoms with E-state index in [9.17, 15) is 0 Å². The maximum absolute atomic E-state index is 6.49. The van der Waals surface area contributed by atoms with E-state index in [0.717, 1.165) is 35.5 Å². The van der Waals surface area contributed by atoms with Crippen molar-refractivity contribution >= 4 is 40.2 Å². The first-order valence-electron chi connectivity index (χ1n) is 8.27. The summed E-state index contributed by atoms with van der Waals surface area (Å²) in [6.07, 6.45) is 3.08. The number of aromatic amines is 1. The van der Waals surface area contributed by atoms with Crippen LogP contribution >= 0.6 is 23.2 Å². The van der Waals surface area contributed by atoms with Crippen LogP contribution in [0.5, 0.6) is 5.75 Å². The Hall–Kier alpha value is -2.09. The molecule has 1 saturated heterocycles. The molecule has 3 aromatic rings. The van der Waals surface area contributed by atoms with E-state index in [0.29, 0.717) is 27.4 Å². The molecule has 0 radical (unpaired) electrons. The van der Waals surface area contributed by atoms with E-state index in [1.54, 1.807) is 13.4 Å². The first-order chi connectivity index (χ1) is 12.6. The number of H-pyrrole nitrogens is 1. The first kappa shape index (κ1) is 17.3. The molecule has 0 saturated carbocycles. The summed E-state index contributed by atoms with van der Waals surface area (Å²) in [5, 5.41) is 7.73. The Morgan fingerprint density at radius 1 is 1.27 bits per heavy atom. The number of hydrogen-bond acceptors (Lipinski definition) is 6. The van der Waals surface area contributed by atoms with E-state index < -0.39 is 0 Å². The average molecular weight is 393 g/mol. The summed E-state index contributed by atoms with van der Waals surface area (Å²) in [6.45, 7) is 3.74. The molecule has 1 fully saturated rings. The lowest BCUT2D eigenvalue weighted by atomic mass is 9.89. The summed E-state index contributed by atoms with van der Waals surface area (Å²) in [5.41, 5.74) is 3.24. The summed E-state index contributed by atoms with van der Waals surface area (Å²) in [7, 11) is 1.66. The van der Waals surface area contributed by atoms with Crippen LogP contribution in [0.3, 0.4) is 0 Å². The zero-order valence-electron chi connectivity index (χ0n) is 14.3. The van der Waals surface area contributed by atoms with E-state index >= 15 is 0 Å². The van der Waals surface area contributed by atoms with Crippen LogP contribution in [0.2, 0.25) is 10.0 Å². The highest BCUT2D eigenvalue weighted by Crippen LogP contribution is 2.44. The summed E-state index contributed by atoms with van der Waals surface area (Å²) >= 11 is 12.9. The van der Waals surface area contributed by atoms with Gasteiger partial charge in [-0.3, -0.25) is 0 Å². The number of halogens is 2. The number of rotatable bonds is 5. The zero-order chi connectivity index (χ0) is 18.3. The van der Waals surface area contributed by atoms with Gasteiger partial charge in [0, 0.05) is 30.1 Å². The minimum atomic E-state index is -0.118. The first-order valence-corrected chi connectivity index (χ1v) is 9.02. The van der Waals surface area contributed by atoms with Crippen molar-refractivity contribution in [1.82, 2.24) is 25.3 Å². The second-order valence-corrected chi connectivity index (χ2v) is 7.04. The van der Waals surface area contributed by atoms with E-state index in [1.165, 1.54) is 6.33 Å². The highest BCUT2D eigenvalue weighted by molar-refractivity contribution is 6.42. The van der Waals surface area contributed by atoms with Gasteiger partial charge in [-0.15, -0.1) is 0 Å². The summed E-state index contributed by atoms with van der Waals surface area (Å²) in [5.74, 6) is 1.72. The normalized spacial score (nSPS) is 15.7. The standard InChI is InChI=1S/C17H18Cl2N6O/c1-8(25-17-14-16(22-6-21-14)23-7-24-17)10-3-11(18)13(19)12(15(10)26-2)9-4-20-5-9/h3,6-9,20H,4-5H2,1-2H3,(H2,21,22,23,24,25). The lowest BCUT2D eigenvalue weighted by molar-refractivity contribution is 0.380. The zero-order valence-corrected chi connectivity index (χ0v) is 15.8. The molecule has 0 amide bonds. The molecule has 1 aliphatic heterocycles. The second kappa shape index (κ2) is 6.90. The number of ether oxygens (including phenoxy) is 1. The van der Waals surface area contributed by atoms with Crippen LogP contribution in [-0.4, -0.2) is 40.1 Å². The van der Waals surface area contributed by atoms with Crippen molar-refractivity contribution in [2.24, 2.45) is 0 Å². The van der Waals surface area contributed by atoms with Crippen LogP contribution < -0.4 is 15.4 Å². The van der Waals surface area contributed by atoms with E-state index in [4.69, 9.17) is 27.9 Å². The topological polar surface area (TPSA) is 87.8 Å². The van der Waals surface area contributed by atoms with Crippen molar-refractivity contribution in [3.05, 3.63) is 39.9 Å². The van der Waals surface area contributed by atoms with E-state index in [1.807, 2.05) is 13.0 Å². The summed E-state index contributed by atoms with van der Waals surface area (Å²) < 4.78 is 5.74. The Morgan fingerprint density at radius 2 is 2.08 bits per heavy atom. The molecule has 1 aromatic carbocycles. The molecule has 1 aliphatic rings. The van der Waals surface area contributed by atoms with Gasteiger partial charge in [0.05, 0.1) is 29.5 Å². The highest BCUT2D eigenvalue weighted by atomic mass is 35.5. The number of imidazole rings is 1.